The third-order valence-corrected chi connectivity index (χ3v) is 4.16. The van der Waals surface area contributed by atoms with Gasteiger partial charge in [0.05, 0.1) is 6.61 Å². The second kappa shape index (κ2) is 6.64. The fourth-order valence-electron chi connectivity index (χ4n) is 2.37. The fourth-order valence-corrected chi connectivity index (χ4v) is 2.77. The lowest BCUT2D eigenvalue weighted by Crippen LogP contribution is -2.41. The third kappa shape index (κ3) is 3.48. The standard InChI is InChI=1S/C16H16BrF2NO/c17-13-4-5-15(19)11(6-13)8-16(9-20,10-21)12-2-1-3-14(18)7-12/h1-7,21H,8-10,20H2. The quantitative estimate of drug-likeness (QED) is 0.865. The maximum atomic E-state index is 14.0. The lowest BCUT2D eigenvalue weighted by Gasteiger charge is -2.31. The Hall–Kier alpha value is -1.30. The first kappa shape index (κ1) is 16.1. The minimum absolute atomic E-state index is 0.0822. The van der Waals surface area contributed by atoms with Crippen LogP contribution in [0.15, 0.2) is 46.9 Å². The number of aliphatic hydroxyl groups excluding tert-OH is 1. The number of aliphatic hydroxyl groups is 1. The van der Waals surface area contributed by atoms with Crippen molar-refractivity contribution in [2.45, 2.75) is 11.8 Å². The number of hydrogen-bond donors (Lipinski definition) is 2. The van der Waals surface area contributed by atoms with Gasteiger partial charge in [-0.3, -0.25) is 0 Å². The van der Waals surface area contributed by atoms with Crippen molar-refractivity contribution >= 4 is 15.9 Å². The van der Waals surface area contributed by atoms with Gasteiger partial charge in [-0.1, -0.05) is 28.1 Å². The Morgan fingerprint density at radius 1 is 1.14 bits per heavy atom. The van der Waals surface area contributed by atoms with Crippen molar-refractivity contribution in [2.75, 3.05) is 13.2 Å². The van der Waals surface area contributed by atoms with Gasteiger partial charge >= 0.3 is 0 Å². The van der Waals surface area contributed by atoms with Crippen molar-refractivity contribution in [3.8, 4) is 0 Å². The molecule has 0 amide bonds. The highest BCUT2D eigenvalue weighted by molar-refractivity contribution is 9.10. The smallest absolute Gasteiger partial charge is 0.126 e. The zero-order valence-corrected chi connectivity index (χ0v) is 12.9. The van der Waals surface area contributed by atoms with E-state index in [9.17, 15) is 13.9 Å². The lowest BCUT2D eigenvalue weighted by atomic mass is 9.76. The minimum Gasteiger partial charge on any atom is -0.395 e. The Labute approximate surface area is 130 Å². The van der Waals surface area contributed by atoms with Crippen LogP contribution in [0.25, 0.3) is 0 Å². The first-order valence-corrected chi connectivity index (χ1v) is 7.31. The summed E-state index contributed by atoms with van der Waals surface area (Å²) < 4.78 is 28.1. The van der Waals surface area contributed by atoms with Gasteiger partial charge in [0.15, 0.2) is 0 Å². The number of halogens is 3. The van der Waals surface area contributed by atoms with Crippen LogP contribution >= 0.6 is 15.9 Å². The number of nitrogens with two attached hydrogens (primary N) is 1. The molecule has 0 fully saturated rings. The Balaban J connectivity index is 2.45. The van der Waals surface area contributed by atoms with Crippen molar-refractivity contribution in [1.29, 1.82) is 0 Å². The van der Waals surface area contributed by atoms with Gasteiger partial charge in [-0.05, 0) is 47.9 Å². The molecular formula is C16H16BrF2NO. The normalized spacial score (nSPS) is 14.0. The van der Waals surface area contributed by atoms with Crippen LogP contribution in [0.5, 0.6) is 0 Å². The summed E-state index contributed by atoms with van der Waals surface area (Å²) in [4.78, 5) is 0. The van der Waals surface area contributed by atoms with E-state index >= 15 is 0 Å². The maximum absolute atomic E-state index is 14.0. The van der Waals surface area contributed by atoms with E-state index in [4.69, 9.17) is 5.73 Å². The SMILES string of the molecule is NCC(CO)(Cc1cc(Br)ccc1F)c1cccc(F)c1. The molecule has 2 aromatic rings. The summed E-state index contributed by atoms with van der Waals surface area (Å²) in [6, 6.07) is 10.5. The Morgan fingerprint density at radius 3 is 2.52 bits per heavy atom. The molecule has 1 atom stereocenters. The van der Waals surface area contributed by atoms with Crippen molar-refractivity contribution in [3.63, 3.8) is 0 Å². The summed E-state index contributed by atoms with van der Waals surface area (Å²) in [5.74, 6) is -0.783. The van der Waals surface area contributed by atoms with Gasteiger partial charge in [-0.15, -0.1) is 0 Å². The lowest BCUT2D eigenvalue weighted by molar-refractivity contribution is 0.195. The van der Waals surface area contributed by atoms with Crippen molar-refractivity contribution in [3.05, 3.63) is 69.7 Å². The van der Waals surface area contributed by atoms with E-state index in [0.29, 0.717) is 11.1 Å². The largest absolute Gasteiger partial charge is 0.395 e. The predicted octanol–water partition coefficient (Wildman–Crippen LogP) is 3.16. The molecule has 0 heterocycles. The van der Waals surface area contributed by atoms with Gasteiger partial charge in [-0.2, -0.15) is 0 Å². The molecule has 0 saturated heterocycles. The van der Waals surface area contributed by atoms with E-state index in [1.807, 2.05) is 0 Å². The van der Waals surface area contributed by atoms with E-state index in [-0.39, 0.29) is 25.4 Å². The first-order valence-electron chi connectivity index (χ1n) is 6.52. The molecule has 112 valence electrons. The summed E-state index contributed by atoms with van der Waals surface area (Å²) in [6.07, 6.45) is 0.189. The Bertz CT molecular complexity index is 629. The van der Waals surface area contributed by atoms with Gasteiger partial charge in [0.2, 0.25) is 0 Å². The van der Waals surface area contributed by atoms with Crippen molar-refractivity contribution < 1.29 is 13.9 Å². The Morgan fingerprint density at radius 2 is 1.90 bits per heavy atom. The first-order chi connectivity index (χ1) is 10.0. The van der Waals surface area contributed by atoms with Crippen molar-refractivity contribution in [2.24, 2.45) is 5.73 Å². The zero-order valence-electron chi connectivity index (χ0n) is 11.3. The zero-order chi connectivity index (χ0) is 15.5. The van der Waals surface area contributed by atoms with Crippen LogP contribution in [-0.4, -0.2) is 18.3 Å². The molecule has 0 radical (unpaired) electrons. The van der Waals surface area contributed by atoms with E-state index in [0.717, 1.165) is 4.47 Å². The van der Waals surface area contributed by atoms with Crippen LogP contribution < -0.4 is 5.73 Å². The topological polar surface area (TPSA) is 46.2 Å². The molecule has 0 aliphatic carbocycles. The van der Waals surface area contributed by atoms with Crippen molar-refractivity contribution in [1.82, 2.24) is 0 Å². The average Bonchev–Trinajstić information content (AvgIpc) is 2.48. The molecule has 5 heteroatoms. The summed E-state index contributed by atoms with van der Waals surface area (Å²) in [6.45, 7) is -0.211. The predicted molar refractivity (Wildman–Crippen MR) is 82.0 cm³/mol. The highest BCUT2D eigenvalue weighted by Gasteiger charge is 2.32. The van der Waals surface area contributed by atoms with Crippen LogP contribution in [0.4, 0.5) is 8.78 Å². The van der Waals surface area contributed by atoms with Gasteiger partial charge < -0.3 is 10.8 Å². The molecule has 0 spiro atoms. The molecule has 1 unspecified atom stereocenters. The molecule has 0 aliphatic heterocycles. The molecule has 2 aromatic carbocycles. The van der Waals surface area contributed by atoms with Crippen LogP contribution in [0.1, 0.15) is 11.1 Å². The third-order valence-electron chi connectivity index (χ3n) is 3.67. The maximum Gasteiger partial charge on any atom is 0.126 e. The van der Waals surface area contributed by atoms with E-state index in [1.54, 1.807) is 24.3 Å². The van der Waals surface area contributed by atoms with E-state index < -0.39 is 11.2 Å². The summed E-state index contributed by atoms with van der Waals surface area (Å²) in [5.41, 5.74) is 5.89. The monoisotopic (exact) mass is 355 g/mol. The summed E-state index contributed by atoms with van der Waals surface area (Å²) >= 11 is 3.30. The second-order valence-corrected chi connectivity index (χ2v) is 5.98. The Kier molecular flexibility index (Phi) is 5.08. The van der Waals surface area contributed by atoms with Gasteiger partial charge in [0.25, 0.3) is 0 Å². The summed E-state index contributed by atoms with van der Waals surface area (Å²) in [5, 5.41) is 9.81. The van der Waals surface area contributed by atoms with Crippen LogP contribution in [0.2, 0.25) is 0 Å². The minimum atomic E-state index is -0.913. The highest BCUT2D eigenvalue weighted by Crippen LogP contribution is 2.30. The van der Waals surface area contributed by atoms with Gasteiger partial charge in [-0.25, -0.2) is 8.78 Å². The van der Waals surface area contributed by atoms with E-state index in [2.05, 4.69) is 15.9 Å². The van der Waals surface area contributed by atoms with Gasteiger partial charge in [0.1, 0.15) is 11.6 Å². The van der Waals surface area contributed by atoms with E-state index in [1.165, 1.54) is 18.2 Å². The second-order valence-electron chi connectivity index (χ2n) is 5.07. The van der Waals surface area contributed by atoms with Gasteiger partial charge in [0, 0.05) is 16.4 Å². The van der Waals surface area contributed by atoms with Crippen LogP contribution in [0, 0.1) is 11.6 Å². The molecular weight excluding hydrogens is 340 g/mol. The summed E-state index contributed by atoms with van der Waals surface area (Å²) in [7, 11) is 0. The molecule has 3 N–H and O–H groups in total. The molecule has 2 nitrogen and oxygen atoms in total. The molecule has 0 saturated carbocycles. The average molecular weight is 356 g/mol. The molecule has 0 aliphatic rings. The van der Waals surface area contributed by atoms with Crippen LogP contribution in [0.3, 0.4) is 0 Å². The fraction of sp³-hybridized carbons (Fsp3) is 0.250. The molecule has 0 bridgehead atoms. The van der Waals surface area contributed by atoms with Crippen LogP contribution in [-0.2, 0) is 11.8 Å². The molecule has 21 heavy (non-hydrogen) atoms. The number of hydrogen-bond acceptors (Lipinski definition) is 2. The highest BCUT2D eigenvalue weighted by atomic mass is 79.9. The molecule has 0 aromatic heterocycles. The number of rotatable bonds is 5. The number of benzene rings is 2. The molecule has 2 rings (SSSR count).